The normalized spacial score (nSPS) is 16.5. The molecule has 0 aliphatic carbocycles. The number of carbonyl (C=O) groups is 1. The Morgan fingerprint density at radius 3 is 2.65 bits per heavy atom. The highest BCUT2D eigenvalue weighted by Gasteiger charge is 2.18. The van der Waals surface area contributed by atoms with Crippen molar-refractivity contribution in [3.8, 4) is 5.75 Å². The van der Waals surface area contributed by atoms with Gasteiger partial charge in [-0.2, -0.15) is 0 Å². The number of ketones is 1. The van der Waals surface area contributed by atoms with Gasteiger partial charge in [0.1, 0.15) is 5.75 Å². The summed E-state index contributed by atoms with van der Waals surface area (Å²) in [6.07, 6.45) is 6.06. The largest absolute Gasteiger partial charge is 0.493 e. The SMILES string of the molecule is CCCOc1ccc(C(=O)CCC2CCN(C)CC2)cc1CC. The summed E-state index contributed by atoms with van der Waals surface area (Å²) in [5.74, 6) is 1.93. The van der Waals surface area contributed by atoms with Gasteiger partial charge in [0.05, 0.1) is 6.61 Å². The molecule has 3 nitrogen and oxygen atoms in total. The second-order valence-electron chi connectivity index (χ2n) is 6.73. The van der Waals surface area contributed by atoms with E-state index in [9.17, 15) is 4.79 Å². The molecule has 23 heavy (non-hydrogen) atoms. The van der Waals surface area contributed by atoms with Crippen LogP contribution in [0.4, 0.5) is 0 Å². The number of benzene rings is 1. The number of Topliss-reactive ketones (excluding diaryl/α,β-unsaturated/α-hetero) is 1. The predicted molar refractivity (Wildman–Crippen MR) is 95.4 cm³/mol. The van der Waals surface area contributed by atoms with Crippen LogP contribution in [0.5, 0.6) is 5.75 Å². The molecule has 0 bridgehead atoms. The maximum absolute atomic E-state index is 12.5. The van der Waals surface area contributed by atoms with E-state index in [1.165, 1.54) is 25.9 Å². The van der Waals surface area contributed by atoms with E-state index in [0.29, 0.717) is 12.3 Å². The molecule has 0 atom stereocenters. The minimum atomic E-state index is 0.278. The van der Waals surface area contributed by atoms with Crippen LogP contribution in [0.15, 0.2) is 18.2 Å². The van der Waals surface area contributed by atoms with E-state index in [0.717, 1.165) is 42.7 Å². The molecular weight excluding hydrogens is 286 g/mol. The zero-order valence-electron chi connectivity index (χ0n) is 14.9. The van der Waals surface area contributed by atoms with Crippen molar-refractivity contribution in [2.45, 2.75) is 52.4 Å². The number of likely N-dealkylation sites (tertiary alicyclic amines) is 1. The van der Waals surface area contributed by atoms with Gasteiger partial charge in [-0.3, -0.25) is 4.79 Å². The fourth-order valence-electron chi connectivity index (χ4n) is 3.21. The van der Waals surface area contributed by atoms with E-state index in [2.05, 4.69) is 25.8 Å². The molecule has 0 spiro atoms. The maximum atomic E-state index is 12.5. The van der Waals surface area contributed by atoms with Crippen LogP contribution in [0, 0.1) is 5.92 Å². The fourth-order valence-corrected chi connectivity index (χ4v) is 3.21. The predicted octanol–water partition coefficient (Wildman–Crippen LogP) is 4.34. The van der Waals surface area contributed by atoms with Crippen LogP contribution in [0.3, 0.4) is 0 Å². The number of piperidine rings is 1. The highest BCUT2D eigenvalue weighted by atomic mass is 16.5. The number of hydrogen-bond acceptors (Lipinski definition) is 3. The first-order valence-electron chi connectivity index (χ1n) is 9.11. The van der Waals surface area contributed by atoms with Gasteiger partial charge >= 0.3 is 0 Å². The van der Waals surface area contributed by atoms with E-state index >= 15 is 0 Å². The molecule has 1 aliphatic heterocycles. The van der Waals surface area contributed by atoms with Crippen LogP contribution in [0.2, 0.25) is 0 Å². The standard InChI is InChI=1S/C20H31NO2/c1-4-14-23-20-9-7-18(15-17(20)5-2)19(22)8-6-16-10-12-21(3)13-11-16/h7,9,15-16H,4-6,8,10-14H2,1-3H3. The Bertz CT molecular complexity index is 504. The molecule has 0 N–H and O–H groups in total. The Kier molecular flexibility index (Phi) is 7.10. The van der Waals surface area contributed by atoms with Crippen LogP contribution >= 0.6 is 0 Å². The highest BCUT2D eigenvalue weighted by molar-refractivity contribution is 5.96. The van der Waals surface area contributed by atoms with Crippen LogP contribution in [-0.4, -0.2) is 37.4 Å². The van der Waals surface area contributed by atoms with Crippen molar-refractivity contribution >= 4 is 5.78 Å². The Hall–Kier alpha value is -1.35. The lowest BCUT2D eigenvalue weighted by atomic mass is 9.90. The number of aryl methyl sites for hydroxylation is 1. The summed E-state index contributed by atoms with van der Waals surface area (Å²) in [7, 11) is 2.18. The summed E-state index contributed by atoms with van der Waals surface area (Å²) in [5, 5.41) is 0. The molecule has 1 aromatic carbocycles. The number of nitrogens with zero attached hydrogens (tertiary/aromatic N) is 1. The van der Waals surface area contributed by atoms with Gasteiger partial charge in [0.25, 0.3) is 0 Å². The van der Waals surface area contributed by atoms with E-state index in [1.54, 1.807) is 0 Å². The minimum absolute atomic E-state index is 0.278. The van der Waals surface area contributed by atoms with Crippen molar-refractivity contribution in [3.63, 3.8) is 0 Å². The molecule has 0 radical (unpaired) electrons. The van der Waals surface area contributed by atoms with Gasteiger partial charge < -0.3 is 9.64 Å². The summed E-state index contributed by atoms with van der Waals surface area (Å²) < 4.78 is 5.76. The average molecular weight is 317 g/mol. The summed E-state index contributed by atoms with van der Waals surface area (Å²) in [4.78, 5) is 14.9. The van der Waals surface area contributed by atoms with Gasteiger partial charge in [0.2, 0.25) is 0 Å². The summed E-state index contributed by atoms with van der Waals surface area (Å²) in [6, 6.07) is 5.93. The number of rotatable bonds is 8. The van der Waals surface area contributed by atoms with Crippen molar-refractivity contribution < 1.29 is 9.53 Å². The molecule has 1 saturated heterocycles. The van der Waals surface area contributed by atoms with E-state index < -0.39 is 0 Å². The lowest BCUT2D eigenvalue weighted by Gasteiger charge is -2.28. The molecule has 1 aliphatic rings. The van der Waals surface area contributed by atoms with Crippen LogP contribution < -0.4 is 4.74 Å². The third kappa shape index (κ3) is 5.35. The zero-order valence-corrected chi connectivity index (χ0v) is 14.9. The van der Waals surface area contributed by atoms with Gasteiger partial charge in [0.15, 0.2) is 5.78 Å². The topological polar surface area (TPSA) is 29.5 Å². The quantitative estimate of drug-likeness (QED) is 0.668. The second-order valence-corrected chi connectivity index (χ2v) is 6.73. The van der Waals surface area contributed by atoms with Crippen LogP contribution in [0.1, 0.15) is 61.9 Å². The monoisotopic (exact) mass is 317 g/mol. The molecule has 1 fully saturated rings. The molecule has 3 heteroatoms. The smallest absolute Gasteiger partial charge is 0.162 e. The first kappa shape index (κ1) is 18.0. The van der Waals surface area contributed by atoms with Gasteiger partial charge in [-0.15, -0.1) is 0 Å². The number of carbonyl (C=O) groups excluding carboxylic acids is 1. The van der Waals surface area contributed by atoms with Crippen molar-refractivity contribution in [3.05, 3.63) is 29.3 Å². The third-order valence-corrected chi connectivity index (χ3v) is 4.84. The molecule has 0 aromatic heterocycles. The van der Waals surface area contributed by atoms with Crippen molar-refractivity contribution in [2.24, 2.45) is 5.92 Å². The third-order valence-electron chi connectivity index (χ3n) is 4.84. The zero-order chi connectivity index (χ0) is 16.7. The first-order chi connectivity index (χ1) is 11.1. The summed E-state index contributed by atoms with van der Waals surface area (Å²) in [5.41, 5.74) is 1.99. The van der Waals surface area contributed by atoms with Crippen molar-refractivity contribution in [1.82, 2.24) is 4.90 Å². The van der Waals surface area contributed by atoms with E-state index in [-0.39, 0.29) is 5.78 Å². The Labute approximate surface area is 141 Å². The fraction of sp³-hybridized carbons (Fsp3) is 0.650. The summed E-state index contributed by atoms with van der Waals surface area (Å²) in [6.45, 7) is 7.29. The Balaban J connectivity index is 1.91. The number of hydrogen-bond donors (Lipinski definition) is 0. The maximum Gasteiger partial charge on any atom is 0.162 e. The van der Waals surface area contributed by atoms with Crippen molar-refractivity contribution in [2.75, 3.05) is 26.7 Å². The Morgan fingerprint density at radius 1 is 1.26 bits per heavy atom. The highest BCUT2D eigenvalue weighted by Crippen LogP contribution is 2.25. The minimum Gasteiger partial charge on any atom is -0.493 e. The molecule has 2 rings (SSSR count). The average Bonchev–Trinajstić information content (AvgIpc) is 2.59. The molecule has 128 valence electrons. The van der Waals surface area contributed by atoms with Gasteiger partial charge in [-0.1, -0.05) is 13.8 Å². The van der Waals surface area contributed by atoms with E-state index in [1.807, 2.05) is 18.2 Å². The summed E-state index contributed by atoms with van der Waals surface area (Å²) >= 11 is 0. The first-order valence-corrected chi connectivity index (χ1v) is 9.11. The van der Waals surface area contributed by atoms with Gasteiger partial charge in [0, 0.05) is 12.0 Å². The molecule has 0 unspecified atom stereocenters. The molecule has 1 heterocycles. The molecular formula is C20H31NO2. The molecule has 0 saturated carbocycles. The van der Waals surface area contributed by atoms with Gasteiger partial charge in [-0.25, -0.2) is 0 Å². The lowest BCUT2D eigenvalue weighted by Crippen LogP contribution is -2.30. The van der Waals surface area contributed by atoms with Crippen LogP contribution in [0.25, 0.3) is 0 Å². The lowest BCUT2D eigenvalue weighted by molar-refractivity contribution is 0.0965. The molecule has 0 amide bonds. The van der Waals surface area contributed by atoms with Crippen LogP contribution in [-0.2, 0) is 6.42 Å². The number of ether oxygens (including phenoxy) is 1. The van der Waals surface area contributed by atoms with E-state index in [4.69, 9.17) is 4.74 Å². The Morgan fingerprint density at radius 2 is 2.00 bits per heavy atom. The second kappa shape index (κ2) is 9.07. The molecule has 1 aromatic rings. The van der Waals surface area contributed by atoms with Crippen molar-refractivity contribution in [1.29, 1.82) is 0 Å². The van der Waals surface area contributed by atoms with Gasteiger partial charge in [-0.05, 0) is 81.9 Å².